The van der Waals surface area contributed by atoms with Crippen LogP contribution < -0.4 is 0 Å². The number of hydrogen-bond donors (Lipinski definition) is 0. The van der Waals surface area contributed by atoms with Gasteiger partial charge in [-0.15, -0.1) is 33.1 Å². The third-order valence-corrected chi connectivity index (χ3v) is 3.20. The van der Waals surface area contributed by atoms with Gasteiger partial charge in [0.2, 0.25) is 0 Å². The molecule has 0 aliphatic rings. The second-order valence-electron chi connectivity index (χ2n) is 3.10. The predicted molar refractivity (Wildman–Crippen MR) is 57.7 cm³/mol. The summed E-state index contributed by atoms with van der Waals surface area (Å²) in [4.78, 5) is 1.30. The number of halogens is 1. The summed E-state index contributed by atoms with van der Waals surface area (Å²) >= 11 is 7.47. The lowest BCUT2D eigenvalue weighted by atomic mass is 10.3. The maximum Gasteiger partial charge on any atom is 0.148 e. The van der Waals surface area contributed by atoms with E-state index in [4.69, 9.17) is 11.6 Å². The van der Waals surface area contributed by atoms with Crippen LogP contribution in [0.1, 0.15) is 16.3 Å². The molecule has 0 N–H and O–H groups in total. The third-order valence-electron chi connectivity index (χ3n) is 1.93. The summed E-state index contributed by atoms with van der Waals surface area (Å²) in [7, 11) is 0. The van der Waals surface area contributed by atoms with Crippen molar-refractivity contribution in [3.63, 3.8) is 0 Å². The minimum absolute atomic E-state index is 0.407. The highest BCUT2D eigenvalue weighted by molar-refractivity contribution is 7.10. The van der Waals surface area contributed by atoms with Crippen molar-refractivity contribution in [2.45, 2.75) is 19.3 Å². The number of nitrogens with zero attached hydrogens (tertiary/aromatic N) is 3. The fourth-order valence-corrected chi connectivity index (χ4v) is 2.34. The Labute approximate surface area is 91.4 Å². The van der Waals surface area contributed by atoms with E-state index < -0.39 is 0 Å². The summed E-state index contributed by atoms with van der Waals surface area (Å²) < 4.78 is 1.97. The Hall–Kier alpha value is -0.870. The summed E-state index contributed by atoms with van der Waals surface area (Å²) in [5.41, 5.74) is 1.30. The van der Waals surface area contributed by atoms with Crippen LogP contribution in [-0.2, 0) is 12.4 Å². The molecule has 2 aromatic heterocycles. The first-order valence-electron chi connectivity index (χ1n) is 4.26. The Morgan fingerprint density at radius 3 is 3.07 bits per heavy atom. The van der Waals surface area contributed by atoms with Gasteiger partial charge in [-0.3, -0.25) is 0 Å². The molecule has 0 radical (unpaired) electrons. The Balaban J connectivity index is 2.18. The van der Waals surface area contributed by atoms with E-state index in [9.17, 15) is 0 Å². The molecule has 14 heavy (non-hydrogen) atoms. The Bertz CT molecular complexity index is 421. The molecule has 0 amide bonds. The van der Waals surface area contributed by atoms with E-state index >= 15 is 0 Å². The van der Waals surface area contributed by atoms with Gasteiger partial charge in [-0.05, 0) is 23.9 Å². The van der Waals surface area contributed by atoms with Crippen molar-refractivity contribution in [2.75, 3.05) is 0 Å². The second kappa shape index (κ2) is 4.11. The van der Waals surface area contributed by atoms with Crippen molar-refractivity contribution in [3.05, 3.63) is 34.0 Å². The van der Waals surface area contributed by atoms with Gasteiger partial charge in [-0.25, -0.2) is 0 Å². The van der Waals surface area contributed by atoms with Crippen LogP contribution in [0.4, 0.5) is 0 Å². The largest absolute Gasteiger partial charge is 0.311 e. The molecule has 3 nitrogen and oxygen atoms in total. The van der Waals surface area contributed by atoms with Crippen LogP contribution in [0.5, 0.6) is 0 Å². The summed E-state index contributed by atoms with van der Waals surface area (Å²) in [6.45, 7) is 2.90. The summed E-state index contributed by atoms with van der Waals surface area (Å²) in [6.07, 6.45) is 1.72. The lowest BCUT2D eigenvalue weighted by molar-refractivity contribution is 0.764. The van der Waals surface area contributed by atoms with Gasteiger partial charge < -0.3 is 4.57 Å². The van der Waals surface area contributed by atoms with Crippen LogP contribution in [0.15, 0.2) is 17.8 Å². The standard InChI is InChI=1S/C9H10ClN3S/c1-7-2-8(14-5-7)4-13-6-11-12-9(13)3-10/h2,5-6H,3-4H2,1H3. The average molecular weight is 228 g/mol. The fraction of sp³-hybridized carbons (Fsp3) is 0.333. The van der Waals surface area contributed by atoms with Crippen molar-refractivity contribution in [2.24, 2.45) is 0 Å². The van der Waals surface area contributed by atoms with E-state index in [2.05, 4.69) is 28.6 Å². The van der Waals surface area contributed by atoms with Crippen LogP contribution in [0.25, 0.3) is 0 Å². The number of aromatic nitrogens is 3. The molecule has 0 fully saturated rings. The summed E-state index contributed by atoms with van der Waals surface area (Å²) in [6, 6.07) is 2.17. The topological polar surface area (TPSA) is 30.7 Å². The van der Waals surface area contributed by atoms with Gasteiger partial charge >= 0.3 is 0 Å². The van der Waals surface area contributed by atoms with Crippen LogP contribution in [0, 0.1) is 6.92 Å². The molecule has 2 heterocycles. The molecule has 0 atom stereocenters. The molecular formula is C9H10ClN3S. The molecule has 0 spiro atoms. The van der Waals surface area contributed by atoms with Gasteiger partial charge in [0.05, 0.1) is 12.4 Å². The Morgan fingerprint density at radius 2 is 2.43 bits per heavy atom. The van der Waals surface area contributed by atoms with Gasteiger partial charge in [0.25, 0.3) is 0 Å². The number of hydrogen-bond acceptors (Lipinski definition) is 3. The fourth-order valence-electron chi connectivity index (χ4n) is 1.26. The van der Waals surface area contributed by atoms with E-state index in [1.165, 1.54) is 10.4 Å². The number of rotatable bonds is 3. The van der Waals surface area contributed by atoms with Gasteiger partial charge in [0.15, 0.2) is 0 Å². The predicted octanol–water partition coefficient (Wildman–Crippen LogP) is 2.44. The molecule has 0 aromatic carbocycles. The van der Waals surface area contributed by atoms with E-state index in [1.54, 1.807) is 17.7 Å². The Morgan fingerprint density at radius 1 is 1.57 bits per heavy atom. The van der Waals surface area contributed by atoms with Gasteiger partial charge in [0.1, 0.15) is 12.2 Å². The maximum absolute atomic E-state index is 5.72. The summed E-state index contributed by atoms with van der Waals surface area (Å²) in [5, 5.41) is 9.89. The van der Waals surface area contributed by atoms with Crippen LogP contribution in [-0.4, -0.2) is 14.8 Å². The first-order chi connectivity index (χ1) is 6.79. The zero-order chi connectivity index (χ0) is 9.97. The highest BCUT2D eigenvalue weighted by Gasteiger charge is 2.04. The minimum Gasteiger partial charge on any atom is -0.311 e. The SMILES string of the molecule is Cc1csc(Cn2cnnc2CCl)c1. The van der Waals surface area contributed by atoms with E-state index in [-0.39, 0.29) is 0 Å². The lowest BCUT2D eigenvalue weighted by Gasteiger charge is -2.01. The highest BCUT2D eigenvalue weighted by atomic mass is 35.5. The average Bonchev–Trinajstić information content (AvgIpc) is 2.76. The molecule has 2 rings (SSSR count). The molecule has 74 valence electrons. The minimum atomic E-state index is 0.407. The Kier molecular flexibility index (Phi) is 2.84. The highest BCUT2D eigenvalue weighted by Crippen LogP contribution is 2.15. The zero-order valence-corrected chi connectivity index (χ0v) is 9.35. The van der Waals surface area contributed by atoms with Crippen molar-refractivity contribution < 1.29 is 0 Å². The molecule has 0 saturated carbocycles. The molecule has 5 heteroatoms. The summed E-state index contributed by atoms with van der Waals surface area (Å²) in [5.74, 6) is 1.22. The smallest absolute Gasteiger partial charge is 0.148 e. The number of aryl methyl sites for hydroxylation is 1. The molecule has 2 aromatic rings. The van der Waals surface area contributed by atoms with E-state index in [0.717, 1.165) is 12.4 Å². The van der Waals surface area contributed by atoms with Crippen LogP contribution in [0.2, 0.25) is 0 Å². The van der Waals surface area contributed by atoms with E-state index in [1.807, 2.05) is 4.57 Å². The molecule has 0 unspecified atom stereocenters. The quantitative estimate of drug-likeness (QED) is 0.755. The molecule has 0 saturated heterocycles. The van der Waals surface area contributed by atoms with Crippen molar-refractivity contribution >= 4 is 22.9 Å². The first kappa shape index (κ1) is 9.68. The molecule has 0 bridgehead atoms. The molecule has 0 aliphatic heterocycles. The van der Waals surface area contributed by atoms with Gasteiger partial charge in [0, 0.05) is 4.88 Å². The molecular weight excluding hydrogens is 218 g/mol. The van der Waals surface area contributed by atoms with Gasteiger partial charge in [-0.2, -0.15) is 0 Å². The van der Waals surface area contributed by atoms with Crippen molar-refractivity contribution in [1.29, 1.82) is 0 Å². The number of thiophene rings is 1. The first-order valence-corrected chi connectivity index (χ1v) is 5.67. The normalized spacial score (nSPS) is 10.7. The van der Waals surface area contributed by atoms with E-state index in [0.29, 0.717) is 5.88 Å². The maximum atomic E-state index is 5.72. The van der Waals surface area contributed by atoms with Gasteiger partial charge in [-0.1, -0.05) is 0 Å². The van der Waals surface area contributed by atoms with Crippen LogP contribution >= 0.6 is 22.9 Å². The van der Waals surface area contributed by atoms with Crippen LogP contribution in [0.3, 0.4) is 0 Å². The van der Waals surface area contributed by atoms with Crippen molar-refractivity contribution in [3.8, 4) is 0 Å². The monoisotopic (exact) mass is 227 g/mol. The third kappa shape index (κ3) is 1.96. The number of alkyl halides is 1. The lowest BCUT2D eigenvalue weighted by Crippen LogP contribution is -2.00. The van der Waals surface area contributed by atoms with Crippen molar-refractivity contribution in [1.82, 2.24) is 14.8 Å². The zero-order valence-electron chi connectivity index (χ0n) is 7.77. The second-order valence-corrected chi connectivity index (χ2v) is 4.36. The molecule has 0 aliphatic carbocycles.